The summed E-state index contributed by atoms with van der Waals surface area (Å²) in [5.41, 5.74) is 0.568. The van der Waals surface area contributed by atoms with Gasteiger partial charge in [-0.05, 0) is 24.6 Å². The zero-order chi connectivity index (χ0) is 21.0. The number of ether oxygens (including phenoxy) is 2. The predicted molar refractivity (Wildman–Crippen MR) is 105 cm³/mol. The van der Waals surface area contributed by atoms with Crippen LogP contribution < -0.4 is 10.1 Å². The number of benzene rings is 2. The van der Waals surface area contributed by atoms with Crippen molar-refractivity contribution in [1.82, 2.24) is 10.3 Å². The number of nitrogens with one attached hydrogen (secondary N) is 1. The summed E-state index contributed by atoms with van der Waals surface area (Å²) >= 11 is 0. The molecule has 3 rings (SSSR count). The molecular weight excluding hydrogens is 376 g/mol. The van der Waals surface area contributed by atoms with Gasteiger partial charge in [0, 0.05) is 17.9 Å². The lowest BCUT2D eigenvalue weighted by molar-refractivity contribution is -0.138. The number of carboxylic acids is 1. The number of nitrogens with zero attached hydrogens (tertiary/aromatic N) is 1. The van der Waals surface area contributed by atoms with Crippen molar-refractivity contribution >= 4 is 22.6 Å². The van der Waals surface area contributed by atoms with Crippen LogP contribution in [-0.4, -0.2) is 40.2 Å². The molecule has 0 aliphatic rings. The second-order valence-corrected chi connectivity index (χ2v) is 6.34. The highest BCUT2D eigenvalue weighted by Gasteiger charge is 2.24. The van der Waals surface area contributed by atoms with E-state index in [4.69, 9.17) is 14.6 Å². The predicted octanol–water partition coefficient (Wildman–Crippen LogP) is 3.08. The molecule has 1 heterocycles. The van der Waals surface area contributed by atoms with Crippen LogP contribution in [0.2, 0.25) is 0 Å². The number of aliphatic carboxylic acids is 1. The second-order valence-electron chi connectivity index (χ2n) is 6.34. The fourth-order valence-corrected chi connectivity index (χ4v) is 2.85. The molecule has 0 fully saturated rings. The molecule has 8 nitrogen and oxygen atoms in total. The molecule has 3 aromatic rings. The minimum atomic E-state index is -1.18. The van der Waals surface area contributed by atoms with Crippen molar-refractivity contribution < 1.29 is 29.3 Å². The molecule has 0 bridgehead atoms. The largest absolute Gasteiger partial charge is 0.503 e. The first-order chi connectivity index (χ1) is 13.9. The summed E-state index contributed by atoms with van der Waals surface area (Å²) in [6.07, 6.45) is 0. The number of aromatic hydroxyl groups is 1. The number of carbonyl (C=O) groups is 2. The quantitative estimate of drug-likeness (QED) is 0.562. The maximum absolute atomic E-state index is 12.8. The lowest BCUT2D eigenvalue weighted by Gasteiger charge is -2.16. The molecule has 0 aliphatic carbocycles. The Bertz CT molecular complexity index is 1050. The standard InChI is InChI=1S/C21H20N2O6/c1-12(21(26)27)22-19(25)17-15-10-6-7-13(11-28-2)16(15)18(24)20(23-17)29-14-8-4-3-5-9-14/h3-10,12,24H,11H2,1-2H3,(H,22,25)(H,26,27)/t12-/m1/s1. The Morgan fingerprint density at radius 1 is 1.14 bits per heavy atom. The van der Waals surface area contributed by atoms with Crippen molar-refractivity contribution in [3.63, 3.8) is 0 Å². The van der Waals surface area contributed by atoms with Gasteiger partial charge < -0.3 is 25.0 Å². The fraction of sp³-hybridized carbons (Fsp3) is 0.190. The van der Waals surface area contributed by atoms with Gasteiger partial charge in [0.25, 0.3) is 11.8 Å². The molecule has 0 unspecified atom stereocenters. The average Bonchev–Trinajstić information content (AvgIpc) is 2.71. The van der Waals surface area contributed by atoms with Crippen LogP contribution in [0.1, 0.15) is 23.0 Å². The Hall–Kier alpha value is -3.65. The van der Waals surface area contributed by atoms with Gasteiger partial charge in [0.1, 0.15) is 17.5 Å². The van der Waals surface area contributed by atoms with Gasteiger partial charge in [-0.25, -0.2) is 4.98 Å². The van der Waals surface area contributed by atoms with E-state index in [9.17, 15) is 14.7 Å². The van der Waals surface area contributed by atoms with Crippen molar-refractivity contribution in [2.24, 2.45) is 0 Å². The molecule has 0 aliphatic heterocycles. The SMILES string of the molecule is COCc1cccc2c(C(=O)N[C@H](C)C(=O)O)nc(Oc3ccccc3)c(O)c12. The molecule has 29 heavy (non-hydrogen) atoms. The molecular formula is C21H20N2O6. The van der Waals surface area contributed by atoms with Crippen molar-refractivity contribution in [3.8, 4) is 17.4 Å². The van der Waals surface area contributed by atoms with Crippen LogP contribution in [0.4, 0.5) is 0 Å². The van der Waals surface area contributed by atoms with Gasteiger partial charge in [0.05, 0.1) is 6.61 Å². The number of aromatic nitrogens is 1. The minimum Gasteiger partial charge on any atom is -0.503 e. The van der Waals surface area contributed by atoms with E-state index in [0.717, 1.165) is 0 Å². The monoisotopic (exact) mass is 396 g/mol. The Balaban J connectivity index is 2.18. The van der Waals surface area contributed by atoms with Crippen LogP contribution in [0.3, 0.4) is 0 Å². The van der Waals surface area contributed by atoms with E-state index in [2.05, 4.69) is 10.3 Å². The van der Waals surface area contributed by atoms with Gasteiger partial charge in [0.2, 0.25) is 0 Å². The molecule has 8 heteroatoms. The van der Waals surface area contributed by atoms with Crippen molar-refractivity contribution in [2.45, 2.75) is 19.6 Å². The third-order valence-electron chi connectivity index (χ3n) is 4.25. The Morgan fingerprint density at radius 3 is 2.52 bits per heavy atom. The summed E-state index contributed by atoms with van der Waals surface area (Å²) in [5.74, 6) is -1.86. The van der Waals surface area contributed by atoms with Crippen molar-refractivity contribution in [1.29, 1.82) is 0 Å². The van der Waals surface area contributed by atoms with Gasteiger partial charge in [-0.1, -0.05) is 36.4 Å². The first-order valence-corrected chi connectivity index (χ1v) is 8.82. The van der Waals surface area contributed by atoms with E-state index in [0.29, 0.717) is 22.1 Å². The highest BCUT2D eigenvalue weighted by molar-refractivity contribution is 6.09. The van der Waals surface area contributed by atoms with Crippen LogP contribution in [0.15, 0.2) is 48.5 Å². The smallest absolute Gasteiger partial charge is 0.325 e. The molecule has 0 saturated carbocycles. The van der Waals surface area contributed by atoms with E-state index in [1.165, 1.54) is 14.0 Å². The highest BCUT2D eigenvalue weighted by Crippen LogP contribution is 2.39. The summed E-state index contributed by atoms with van der Waals surface area (Å²) in [6, 6.07) is 12.6. The van der Waals surface area contributed by atoms with Gasteiger partial charge >= 0.3 is 5.97 Å². The van der Waals surface area contributed by atoms with E-state index >= 15 is 0 Å². The van der Waals surface area contributed by atoms with Gasteiger partial charge in [-0.15, -0.1) is 0 Å². The van der Waals surface area contributed by atoms with Gasteiger partial charge in [-0.2, -0.15) is 0 Å². The summed E-state index contributed by atoms with van der Waals surface area (Å²) in [5, 5.41) is 23.0. The Morgan fingerprint density at radius 2 is 1.86 bits per heavy atom. The average molecular weight is 396 g/mol. The van der Waals surface area contributed by atoms with E-state index in [-0.39, 0.29) is 23.9 Å². The number of pyridine rings is 1. The molecule has 0 radical (unpaired) electrons. The third kappa shape index (κ3) is 4.27. The fourth-order valence-electron chi connectivity index (χ4n) is 2.85. The summed E-state index contributed by atoms with van der Waals surface area (Å²) < 4.78 is 10.9. The molecule has 0 saturated heterocycles. The number of carboxylic acid groups (broad SMARTS) is 1. The molecule has 1 atom stereocenters. The maximum Gasteiger partial charge on any atom is 0.325 e. The van der Waals surface area contributed by atoms with E-state index in [1.54, 1.807) is 42.5 Å². The summed E-state index contributed by atoms with van der Waals surface area (Å²) in [7, 11) is 1.51. The first kappa shape index (κ1) is 20.1. The molecule has 1 aromatic heterocycles. The third-order valence-corrected chi connectivity index (χ3v) is 4.25. The van der Waals surface area contributed by atoms with Crippen LogP contribution in [0.25, 0.3) is 10.8 Å². The zero-order valence-electron chi connectivity index (χ0n) is 15.9. The molecule has 0 spiro atoms. The van der Waals surface area contributed by atoms with Crippen LogP contribution in [-0.2, 0) is 16.1 Å². The summed E-state index contributed by atoms with van der Waals surface area (Å²) in [6.45, 7) is 1.53. The summed E-state index contributed by atoms with van der Waals surface area (Å²) in [4.78, 5) is 28.1. The highest BCUT2D eigenvalue weighted by atomic mass is 16.5. The normalized spacial score (nSPS) is 11.8. The lowest BCUT2D eigenvalue weighted by atomic mass is 10.0. The number of hydrogen-bond donors (Lipinski definition) is 3. The topological polar surface area (TPSA) is 118 Å². The Kier molecular flexibility index (Phi) is 5.94. The lowest BCUT2D eigenvalue weighted by Crippen LogP contribution is -2.38. The minimum absolute atomic E-state index is 0.0604. The van der Waals surface area contributed by atoms with E-state index in [1.807, 2.05) is 6.07 Å². The maximum atomic E-state index is 12.8. The number of fused-ring (bicyclic) bond motifs is 1. The number of carbonyl (C=O) groups excluding carboxylic acids is 1. The first-order valence-electron chi connectivity index (χ1n) is 8.82. The van der Waals surface area contributed by atoms with E-state index < -0.39 is 17.9 Å². The number of rotatable bonds is 7. The number of hydrogen-bond acceptors (Lipinski definition) is 6. The number of methoxy groups -OCH3 is 1. The molecule has 2 aromatic carbocycles. The zero-order valence-corrected chi connectivity index (χ0v) is 15.9. The molecule has 1 amide bonds. The van der Waals surface area contributed by atoms with Crippen molar-refractivity contribution in [3.05, 3.63) is 59.8 Å². The molecule has 3 N–H and O–H groups in total. The number of amides is 1. The van der Waals surface area contributed by atoms with Gasteiger partial charge in [0.15, 0.2) is 5.75 Å². The molecule has 150 valence electrons. The van der Waals surface area contributed by atoms with Gasteiger partial charge in [-0.3, -0.25) is 9.59 Å². The number of para-hydroxylation sites is 1. The van der Waals surface area contributed by atoms with Crippen LogP contribution in [0, 0.1) is 0 Å². The van der Waals surface area contributed by atoms with Crippen LogP contribution >= 0.6 is 0 Å². The van der Waals surface area contributed by atoms with Crippen molar-refractivity contribution in [2.75, 3.05) is 7.11 Å². The Labute approximate surface area is 166 Å². The second kappa shape index (κ2) is 8.57. The van der Waals surface area contributed by atoms with Crippen LogP contribution in [0.5, 0.6) is 17.4 Å².